The molecule has 1 saturated heterocycles. The van der Waals surface area contributed by atoms with Crippen LogP contribution in [0.5, 0.6) is 11.5 Å². The topological polar surface area (TPSA) is 21.7 Å². The number of nitrogens with zero attached hydrogens (tertiary/aromatic N) is 1. The SMILES string of the molecule is CCOc1cc2c(cc1OCC)[C@H]1[C@H](CBr)CN1CC2. The third kappa shape index (κ3) is 2.33. The highest BCUT2D eigenvalue weighted by atomic mass is 79.9. The van der Waals surface area contributed by atoms with Gasteiger partial charge in [0.15, 0.2) is 11.5 Å². The van der Waals surface area contributed by atoms with E-state index in [2.05, 4.69) is 33.0 Å². The summed E-state index contributed by atoms with van der Waals surface area (Å²) in [5.74, 6) is 2.52. The summed E-state index contributed by atoms with van der Waals surface area (Å²) in [6, 6.07) is 4.98. The van der Waals surface area contributed by atoms with Crippen molar-refractivity contribution in [1.29, 1.82) is 0 Å². The molecule has 20 heavy (non-hydrogen) atoms. The molecule has 0 radical (unpaired) electrons. The molecule has 0 unspecified atom stereocenters. The summed E-state index contributed by atoms with van der Waals surface area (Å²) >= 11 is 3.65. The van der Waals surface area contributed by atoms with Gasteiger partial charge in [0, 0.05) is 30.4 Å². The van der Waals surface area contributed by atoms with Gasteiger partial charge in [-0.2, -0.15) is 0 Å². The van der Waals surface area contributed by atoms with Gasteiger partial charge in [-0.15, -0.1) is 0 Å². The zero-order valence-corrected chi connectivity index (χ0v) is 13.8. The van der Waals surface area contributed by atoms with Crippen LogP contribution in [0.15, 0.2) is 12.1 Å². The van der Waals surface area contributed by atoms with E-state index in [0.29, 0.717) is 19.3 Å². The van der Waals surface area contributed by atoms with Crippen molar-refractivity contribution < 1.29 is 9.47 Å². The molecule has 0 spiro atoms. The molecule has 2 heterocycles. The van der Waals surface area contributed by atoms with Gasteiger partial charge in [0.25, 0.3) is 0 Å². The van der Waals surface area contributed by atoms with E-state index in [9.17, 15) is 0 Å². The average Bonchev–Trinajstić information content (AvgIpc) is 2.41. The summed E-state index contributed by atoms with van der Waals surface area (Å²) in [7, 11) is 0. The molecule has 0 aromatic heterocycles. The van der Waals surface area contributed by atoms with Gasteiger partial charge >= 0.3 is 0 Å². The maximum atomic E-state index is 5.78. The second-order valence-corrected chi connectivity index (χ2v) is 6.12. The highest BCUT2D eigenvalue weighted by molar-refractivity contribution is 9.09. The van der Waals surface area contributed by atoms with Crippen LogP contribution in [0, 0.1) is 5.92 Å². The van der Waals surface area contributed by atoms with E-state index in [4.69, 9.17) is 9.47 Å². The zero-order chi connectivity index (χ0) is 14.1. The lowest BCUT2D eigenvalue weighted by molar-refractivity contribution is 0.0192. The quantitative estimate of drug-likeness (QED) is 0.767. The van der Waals surface area contributed by atoms with Crippen LogP contribution in [0.3, 0.4) is 0 Å². The molecule has 3 nitrogen and oxygen atoms in total. The Morgan fingerprint density at radius 2 is 1.90 bits per heavy atom. The summed E-state index contributed by atoms with van der Waals surface area (Å²) in [5.41, 5.74) is 2.88. The first-order valence-electron chi connectivity index (χ1n) is 7.50. The minimum absolute atomic E-state index is 0.563. The summed E-state index contributed by atoms with van der Waals surface area (Å²) < 4.78 is 11.5. The maximum Gasteiger partial charge on any atom is 0.161 e. The van der Waals surface area contributed by atoms with Crippen molar-refractivity contribution >= 4 is 15.9 Å². The predicted molar refractivity (Wildman–Crippen MR) is 84.1 cm³/mol. The lowest BCUT2D eigenvalue weighted by Gasteiger charge is -2.51. The molecule has 0 N–H and O–H groups in total. The first-order chi connectivity index (χ1) is 9.78. The lowest BCUT2D eigenvalue weighted by atomic mass is 9.78. The molecule has 3 rings (SSSR count). The van der Waals surface area contributed by atoms with Crippen LogP contribution in [0.4, 0.5) is 0 Å². The number of benzene rings is 1. The fraction of sp³-hybridized carbons (Fsp3) is 0.625. The number of ether oxygens (including phenoxy) is 2. The van der Waals surface area contributed by atoms with Crippen LogP contribution in [0.1, 0.15) is 31.0 Å². The number of fused-ring (bicyclic) bond motifs is 3. The van der Waals surface area contributed by atoms with Crippen molar-refractivity contribution in [3.05, 3.63) is 23.3 Å². The smallest absolute Gasteiger partial charge is 0.161 e. The molecule has 1 aromatic carbocycles. The Hall–Kier alpha value is -0.740. The zero-order valence-electron chi connectivity index (χ0n) is 12.2. The van der Waals surface area contributed by atoms with Crippen molar-refractivity contribution in [1.82, 2.24) is 4.90 Å². The summed E-state index contributed by atoms with van der Waals surface area (Å²) in [6.45, 7) is 7.77. The van der Waals surface area contributed by atoms with Crippen molar-refractivity contribution in [3.8, 4) is 11.5 Å². The fourth-order valence-corrected chi connectivity index (χ4v) is 3.96. The predicted octanol–water partition coefficient (Wildman–Crippen LogP) is 3.41. The number of alkyl halides is 1. The van der Waals surface area contributed by atoms with Gasteiger partial charge in [-0.3, -0.25) is 4.90 Å². The molecule has 2 aliphatic rings. The molecule has 0 saturated carbocycles. The Morgan fingerprint density at radius 3 is 2.55 bits per heavy atom. The fourth-order valence-electron chi connectivity index (χ4n) is 3.40. The molecular formula is C16H22BrNO2. The van der Waals surface area contributed by atoms with Gasteiger partial charge < -0.3 is 9.47 Å². The van der Waals surface area contributed by atoms with Gasteiger partial charge in [-0.25, -0.2) is 0 Å². The molecule has 110 valence electrons. The number of hydrogen-bond acceptors (Lipinski definition) is 3. The molecule has 2 aliphatic heterocycles. The van der Waals surface area contributed by atoms with Crippen molar-refractivity contribution in [2.24, 2.45) is 5.92 Å². The normalized spacial score (nSPS) is 24.6. The largest absolute Gasteiger partial charge is 0.490 e. The van der Waals surface area contributed by atoms with E-state index in [1.54, 1.807) is 0 Å². The lowest BCUT2D eigenvalue weighted by Crippen LogP contribution is -2.53. The van der Waals surface area contributed by atoms with E-state index >= 15 is 0 Å². The average molecular weight is 340 g/mol. The van der Waals surface area contributed by atoms with Crippen LogP contribution in [-0.4, -0.2) is 36.5 Å². The third-order valence-electron chi connectivity index (χ3n) is 4.30. The summed E-state index contributed by atoms with van der Waals surface area (Å²) in [6.07, 6.45) is 1.12. The van der Waals surface area contributed by atoms with Gasteiger partial charge in [-0.1, -0.05) is 15.9 Å². The van der Waals surface area contributed by atoms with Crippen LogP contribution in [0.25, 0.3) is 0 Å². The van der Waals surface area contributed by atoms with E-state index in [1.807, 2.05) is 13.8 Å². The minimum Gasteiger partial charge on any atom is -0.490 e. The second kappa shape index (κ2) is 5.94. The highest BCUT2D eigenvalue weighted by Crippen LogP contribution is 2.47. The number of rotatable bonds is 5. The summed E-state index contributed by atoms with van der Waals surface area (Å²) in [4.78, 5) is 2.57. The third-order valence-corrected chi connectivity index (χ3v) is 5.13. The van der Waals surface area contributed by atoms with E-state index in [-0.39, 0.29) is 0 Å². The van der Waals surface area contributed by atoms with E-state index < -0.39 is 0 Å². The molecule has 0 amide bonds. The van der Waals surface area contributed by atoms with Gasteiger partial charge in [-0.05, 0) is 43.5 Å². The van der Waals surface area contributed by atoms with E-state index in [1.165, 1.54) is 24.2 Å². The van der Waals surface area contributed by atoms with Crippen LogP contribution >= 0.6 is 15.9 Å². The van der Waals surface area contributed by atoms with Gasteiger partial charge in [0.1, 0.15) is 0 Å². The Labute approximate surface area is 129 Å². The first kappa shape index (κ1) is 14.2. The van der Waals surface area contributed by atoms with E-state index in [0.717, 1.165) is 29.2 Å². The highest BCUT2D eigenvalue weighted by Gasteiger charge is 2.42. The van der Waals surface area contributed by atoms with Crippen molar-refractivity contribution in [2.75, 3.05) is 31.6 Å². The first-order valence-corrected chi connectivity index (χ1v) is 8.63. The number of hydrogen-bond donors (Lipinski definition) is 0. The Kier molecular flexibility index (Phi) is 4.22. The summed E-state index contributed by atoms with van der Waals surface area (Å²) in [5, 5.41) is 1.07. The molecular weight excluding hydrogens is 318 g/mol. The minimum atomic E-state index is 0.563. The molecule has 0 aliphatic carbocycles. The molecule has 4 heteroatoms. The Balaban J connectivity index is 1.97. The maximum absolute atomic E-state index is 5.78. The van der Waals surface area contributed by atoms with Crippen LogP contribution in [0.2, 0.25) is 0 Å². The van der Waals surface area contributed by atoms with Crippen molar-refractivity contribution in [3.63, 3.8) is 0 Å². The monoisotopic (exact) mass is 339 g/mol. The second-order valence-electron chi connectivity index (χ2n) is 5.47. The van der Waals surface area contributed by atoms with Crippen LogP contribution < -0.4 is 9.47 Å². The molecule has 1 aromatic rings. The van der Waals surface area contributed by atoms with Gasteiger partial charge in [0.2, 0.25) is 0 Å². The van der Waals surface area contributed by atoms with Crippen molar-refractivity contribution in [2.45, 2.75) is 26.3 Å². The molecule has 2 atom stereocenters. The Morgan fingerprint density at radius 1 is 1.20 bits per heavy atom. The van der Waals surface area contributed by atoms with Gasteiger partial charge in [0.05, 0.1) is 13.2 Å². The molecule has 0 bridgehead atoms. The molecule has 1 fully saturated rings. The number of halogens is 1. The Bertz CT molecular complexity index is 492. The van der Waals surface area contributed by atoms with Crippen LogP contribution in [-0.2, 0) is 6.42 Å². The standard InChI is InChI=1S/C16H22BrNO2/c1-3-19-14-7-11-5-6-18-10-12(9-17)16(18)13(11)8-15(14)20-4-2/h7-8,12,16H,3-6,9-10H2,1-2H3/t12-,16-/m1/s1.